The number of nitriles is 1. The fraction of sp³-hybridized carbons (Fsp3) is 0.348. The van der Waals surface area contributed by atoms with Crippen molar-refractivity contribution in [1.29, 1.82) is 5.26 Å². The van der Waals surface area contributed by atoms with Crippen LogP contribution in [0.4, 0.5) is 0 Å². The number of nitrogens with zero attached hydrogens (tertiary/aromatic N) is 2. The molecule has 0 aliphatic carbocycles. The van der Waals surface area contributed by atoms with Gasteiger partial charge < -0.3 is 4.90 Å². The second-order valence-electron chi connectivity index (χ2n) is 6.67. The Bertz CT molecular complexity index is 674. The van der Waals surface area contributed by atoms with Gasteiger partial charge >= 0.3 is 0 Å². The minimum Gasteiger partial charge on any atom is -0.303 e. The summed E-state index contributed by atoms with van der Waals surface area (Å²) in [5.74, 6) is 0. The highest BCUT2D eigenvalue weighted by Gasteiger charge is 2.18. The summed E-state index contributed by atoms with van der Waals surface area (Å²) in [6.45, 7) is 3.39. The van der Waals surface area contributed by atoms with Gasteiger partial charge in [-0.05, 0) is 48.9 Å². The maximum absolute atomic E-state index is 8.65. The van der Waals surface area contributed by atoms with Crippen LogP contribution < -0.4 is 0 Å². The van der Waals surface area contributed by atoms with E-state index in [1.807, 2.05) is 0 Å². The van der Waals surface area contributed by atoms with Crippen LogP contribution >= 0.6 is 0 Å². The molecule has 3 rings (SSSR count). The van der Waals surface area contributed by atoms with Crippen LogP contribution in [0.2, 0.25) is 0 Å². The van der Waals surface area contributed by atoms with Gasteiger partial charge in [0.25, 0.3) is 0 Å². The molecule has 0 N–H and O–H groups in total. The van der Waals surface area contributed by atoms with Crippen LogP contribution in [0.15, 0.2) is 66.2 Å². The molecule has 0 unspecified atom stereocenters. The molecule has 0 bridgehead atoms. The Balaban J connectivity index is 1.75. The summed E-state index contributed by atoms with van der Waals surface area (Å²) < 4.78 is 0. The minimum absolute atomic E-state index is 0.686. The lowest BCUT2D eigenvalue weighted by Crippen LogP contribution is -2.32. The van der Waals surface area contributed by atoms with Gasteiger partial charge in [-0.1, -0.05) is 66.2 Å². The molecule has 0 atom stereocenters. The average molecular weight is 330 g/mol. The molecule has 1 heterocycles. The molecular weight excluding hydrogens is 304 g/mol. The molecule has 128 valence electrons. The lowest BCUT2D eigenvalue weighted by molar-refractivity contribution is 0.252. The molecule has 2 nitrogen and oxygen atoms in total. The summed E-state index contributed by atoms with van der Waals surface area (Å²) in [6.07, 6.45) is 5.12. The predicted molar refractivity (Wildman–Crippen MR) is 104 cm³/mol. The average Bonchev–Trinajstić information content (AvgIpc) is 2.68. The molecule has 25 heavy (non-hydrogen) atoms. The SMILES string of the molecule is N#CCCCCN1CCC(=C(c2ccccc2)c2ccccc2)CC1. The topological polar surface area (TPSA) is 27.0 Å². The van der Waals surface area contributed by atoms with E-state index in [-0.39, 0.29) is 0 Å². The summed E-state index contributed by atoms with van der Waals surface area (Å²) >= 11 is 0. The van der Waals surface area contributed by atoms with Gasteiger partial charge in [-0.3, -0.25) is 0 Å². The van der Waals surface area contributed by atoms with Crippen molar-refractivity contribution < 1.29 is 0 Å². The minimum atomic E-state index is 0.686. The van der Waals surface area contributed by atoms with Crippen molar-refractivity contribution in [3.05, 3.63) is 77.4 Å². The second-order valence-corrected chi connectivity index (χ2v) is 6.67. The Morgan fingerprint density at radius 2 is 1.40 bits per heavy atom. The zero-order chi connectivity index (χ0) is 17.3. The van der Waals surface area contributed by atoms with E-state index in [0.717, 1.165) is 45.3 Å². The molecule has 2 heteroatoms. The van der Waals surface area contributed by atoms with Gasteiger partial charge in [0, 0.05) is 19.5 Å². The largest absolute Gasteiger partial charge is 0.303 e. The molecule has 0 saturated carbocycles. The van der Waals surface area contributed by atoms with Gasteiger partial charge in [0.2, 0.25) is 0 Å². The van der Waals surface area contributed by atoms with E-state index in [2.05, 4.69) is 71.6 Å². The maximum atomic E-state index is 8.65. The number of piperidine rings is 1. The molecule has 0 amide bonds. The van der Waals surface area contributed by atoms with Crippen LogP contribution in [0.3, 0.4) is 0 Å². The van der Waals surface area contributed by atoms with Crippen molar-refractivity contribution >= 4 is 5.57 Å². The molecule has 1 aliphatic heterocycles. The van der Waals surface area contributed by atoms with E-state index in [1.165, 1.54) is 16.7 Å². The van der Waals surface area contributed by atoms with Gasteiger partial charge in [-0.25, -0.2) is 0 Å². The third kappa shape index (κ3) is 4.81. The zero-order valence-electron chi connectivity index (χ0n) is 14.8. The molecule has 0 spiro atoms. The van der Waals surface area contributed by atoms with Gasteiger partial charge in [0.1, 0.15) is 0 Å². The number of unbranched alkanes of at least 4 members (excludes halogenated alkanes) is 2. The van der Waals surface area contributed by atoms with Crippen molar-refractivity contribution in [3.63, 3.8) is 0 Å². The van der Waals surface area contributed by atoms with E-state index >= 15 is 0 Å². The zero-order valence-corrected chi connectivity index (χ0v) is 14.8. The first-order chi connectivity index (χ1) is 12.4. The van der Waals surface area contributed by atoms with Crippen LogP contribution in [0.25, 0.3) is 5.57 Å². The molecule has 2 aromatic rings. The van der Waals surface area contributed by atoms with Crippen molar-refractivity contribution in [2.45, 2.75) is 32.1 Å². The Morgan fingerprint density at radius 1 is 0.840 bits per heavy atom. The fourth-order valence-corrected chi connectivity index (χ4v) is 3.62. The van der Waals surface area contributed by atoms with Crippen molar-refractivity contribution in [2.75, 3.05) is 19.6 Å². The first kappa shape index (κ1) is 17.5. The summed E-state index contributed by atoms with van der Waals surface area (Å²) in [5, 5.41) is 8.65. The van der Waals surface area contributed by atoms with Crippen molar-refractivity contribution in [1.82, 2.24) is 4.90 Å². The molecule has 0 aromatic heterocycles. The van der Waals surface area contributed by atoms with E-state index in [9.17, 15) is 0 Å². The highest BCUT2D eigenvalue weighted by molar-refractivity contribution is 5.82. The number of benzene rings is 2. The van der Waals surface area contributed by atoms with Crippen molar-refractivity contribution in [2.24, 2.45) is 0 Å². The van der Waals surface area contributed by atoms with E-state index < -0.39 is 0 Å². The molecule has 1 saturated heterocycles. The summed E-state index contributed by atoms with van der Waals surface area (Å²) in [7, 11) is 0. The fourth-order valence-electron chi connectivity index (χ4n) is 3.62. The third-order valence-electron chi connectivity index (χ3n) is 4.95. The Labute approximate surface area is 151 Å². The highest BCUT2D eigenvalue weighted by atomic mass is 15.1. The third-order valence-corrected chi connectivity index (χ3v) is 4.95. The van der Waals surface area contributed by atoms with Crippen LogP contribution in [0.1, 0.15) is 43.2 Å². The quantitative estimate of drug-likeness (QED) is 0.674. The van der Waals surface area contributed by atoms with Gasteiger partial charge in [-0.15, -0.1) is 0 Å². The van der Waals surface area contributed by atoms with E-state index in [0.29, 0.717) is 6.42 Å². The Morgan fingerprint density at radius 3 is 1.92 bits per heavy atom. The lowest BCUT2D eigenvalue weighted by atomic mass is 9.88. The number of likely N-dealkylation sites (tertiary alicyclic amines) is 1. The molecule has 2 aromatic carbocycles. The van der Waals surface area contributed by atoms with Crippen LogP contribution in [0.5, 0.6) is 0 Å². The first-order valence-electron chi connectivity index (χ1n) is 9.30. The number of rotatable bonds is 6. The van der Waals surface area contributed by atoms with Crippen LogP contribution in [-0.2, 0) is 0 Å². The number of hydrogen-bond acceptors (Lipinski definition) is 2. The maximum Gasteiger partial charge on any atom is 0.0621 e. The van der Waals surface area contributed by atoms with E-state index in [4.69, 9.17) is 5.26 Å². The van der Waals surface area contributed by atoms with Crippen LogP contribution in [-0.4, -0.2) is 24.5 Å². The first-order valence-corrected chi connectivity index (χ1v) is 9.30. The predicted octanol–water partition coefficient (Wildman–Crippen LogP) is 5.28. The lowest BCUT2D eigenvalue weighted by Gasteiger charge is -2.30. The monoisotopic (exact) mass is 330 g/mol. The molecule has 1 fully saturated rings. The summed E-state index contributed by atoms with van der Waals surface area (Å²) in [6, 6.07) is 23.8. The van der Waals surface area contributed by atoms with E-state index in [1.54, 1.807) is 5.57 Å². The van der Waals surface area contributed by atoms with Crippen LogP contribution in [0, 0.1) is 11.3 Å². The van der Waals surface area contributed by atoms with Gasteiger partial charge in [0.15, 0.2) is 0 Å². The second kappa shape index (κ2) is 9.20. The Hall–Kier alpha value is -2.37. The summed E-state index contributed by atoms with van der Waals surface area (Å²) in [5.41, 5.74) is 5.65. The summed E-state index contributed by atoms with van der Waals surface area (Å²) in [4.78, 5) is 2.55. The smallest absolute Gasteiger partial charge is 0.0621 e. The molecule has 1 aliphatic rings. The molecular formula is C23H26N2. The van der Waals surface area contributed by atoms with Gasteiger partial charge in [0.05, 0.1) is 6.07 Å². The van der Waals surface area contributed by atoms with Gasteiger partial charge in [-0.2, -0.15) is 5.26 Å². The standard InChI is InChI=1S/C23H26N2/c24-16-8-3-9-17-25-18-14-22(15-19-25)23(20-10-4-1-5-11-20)21-12-6-2-7-13-21/h1-2,4-7,10-13H,3,8-9,14-15,17-19H2. The molecule has 0 radical (unpaired) electrons. The highest BCUT2D eigenvalue weighted by Crippen LogP contribution is 2.32. The number of hydrogen-bond donors (Lipinski definition) is 0. The van der Waals surface area contributed by atoms with Crippen molar-refractivity contribution in [3.8, 4) is 6.07 Å². The Kier molecular flexibility index (Phi) is 6.42. The normalized spacial score (nSPS) is 14.9.